The van der Waals surface area contributed by atoms with Crippen molar-refractivity contribution in [1.29, 1.82) is 0 Å². The number of benzene rings is 1. The van der Waals surface area contributed by atoms with Crippen molar-refractivity contribution >= 4 is 34.3 Å². The summed E-state index contributed by atoms with van der Waals surface area (Å²) in [5.41, 5.74) is 2.70. The highest BCUT2D eigenvalue weighted by atomic mass is 32.2. The number of rotatable bonds is 4. The molecule has 1 aliphatic rings. The molecule has 1 aromatic rings. The highest BCUT2D eigenvalue weighted by molar-refractivity contribution is 8.13. The number of carbonyl (C=O) groups excluding carboxylic acids is 2. The van der Waals surface area contributed by atoms with Crippen LogP contribution < -0.4 is 11.3 Å². The molecule has 0 saturated carbocycles. The molecule has 0 spiro atoms. The first-order valence-corrected chi connectivity index (χ1v) is 6.72. The number of nitrogen functional groups attached to an aromatic ring is 1. The van der Waals surface area contributed by atoms with E-state index >= 15 is 0 Å². The molecule has 0 aromatic heterocycles. The lowest BCUT2D eigenvalue weighted by molar-refractivity contribution is -0.384. The Morgan fingerprint density at radius 2 is 2.20 bits per heavy atom. The van der Waals surface area contributed by atoms with E-state index in [-0.39, 0.29) is 29.1 Å². The predicted octanol–water partition coefficient (Wildman–Crippen LogP) is 1.47. The second kappa shape index (κ2) is 5.88. The van der Waals surface area contributed by atoms with Crippen LogP contribution in [0.15, 0.2) is 18.2 Å². The number of nitrogens with zero attached hydrogens (tertiary/aromatic N) is 2. The summed E-state index contributed by atoms with van der Waals surface area (Å²) in [6, 6.07) is 4.33. The van der Waals surface area contributed by atoms with Crippen LogP contribution in [0.2, 0.25) is 0 Å². The van der Waals surface area contributed by atoms with Crippen LogP contribution in [-0.4, -0.2) is 26.7 Å². The lowest BCUT2D eigenvalue weighted by Crippen LogP contribution is -2.37. The molecule has 0 aliphatic carbocycles. The number of amides is 2. The van der Waals surface area contributed by atoms with Crippen LogP contribution in [0.4, 0.5) is 16.2 Å². The van der Waals surface area contributed by atoms with Gasteiger partial charge in [-0.3, -0.25) is 30.4 Å². The van der Waals surface area contributed by atoms with Gasteiger partial charge in [0.25, 0.3) is 10.9 Å². The second-order valence-electron chi connectivity index (χ2n) is 4.10. The maximum absolute atomic E-state index is 11.7. The molecule has 1 heterocycles. The van der Waals surface area contributed by atoms with E-state index in [0.717, 1.165) is 16.7 Å². The van der Waals surface area contributed by atoms with Crippen LogP contribution in [0.25, 0.3) is 0 Å². The van der Waals surface area contributed by atoms with E-state index in [1.165, 1.54) is 12.1 Å². The molecule has 20 heavy (non-hydrogen) atoms. The minimum absolute atomic E-state index is 0.0242. The topological polar surface area (TPSA) is 119 Å². The zero-order valence-corrected chi connectivity index (χ0v) is 11.2. The fourth-order valence-corrected chi connectivity index (χ4v) is 2.60. The van der Waals surface area contributed by atoms with Gasteiger partial charge in [-0.1, -0.05) is 17.8 Å². The number of hydrogen-bond acceptors (Lipinski definition) is 7. The number of carbonyl (C=O) groups is 2. The van der Waals surface area contributed by atoms with E-state index < -0.39 is 4.92 Å². The van der Waals surface area contributed by atoms with Crippen molar-refractivity contribution < 1.29 is 14.5 Å². The Morgan fingerprint density at radius 3 is 2.80 bits per heavy atom. The molecule has 0 radical (unpaired) electrons. The molecular formula is C11H12N4O4S. The van der Waals surface area contributed by atoms with Gasteiger partial charge in [0.1, 0.15) is 5.69 Å². The Morgan fingerprint density at radius 1 is 1.45 bits per heavy atom. The lowest BCUT2D eigenvalue weighted by atomic mass is 10.1. The van der Waals surface area contributed by atoms with Gasteiger partial charge in [-0.05, 0) is 11.6 Å². The van der Waals surface area contributed by atoms with Crippen molar-refractivity contribution in [2.45, 2.75) is 13.0 Å². The summed E-state index contributed by atoms with van der Waals surface area (Å²) in [6.45, 7) is 0.0242. The molecule has 1 aromatic carbocycles. The quantitative estimate of drug-likeness (QED) is 0.490. The van der Waals surface area contributed by atoms with Crippen LogP contribution in [-0.2, 0) is 11.3 Å². The van der Waals surface area contributed by atoms with E-state index in [0.29, 0.717) is 17.7 Å². The molecule has 106 valence electrons. The highest BCUT2D eigenvalue weighted by Gasteiger charge is 2.27. The standard InChI is InChI=1S/C11H12N4O4S/c12-13-8-2-1-7(5-9(8)15(18)19)6-14-10(16)3-4-20-11(14)17/h1-2,5,13H,3-4,6,12H2. The smallest absolute Gasteiger partial charge is 0.293 e. The number of thioether (sulfide) groups is 1. The average Bonchev–Trinajstić information content (AvgIpc) is 2.43. The minimum atomic E-state index is -0.576. The van der Waals surface area contributed by atoms with Gasteiger partial charge in [0.05, 0.1) is 11.5 Å². The Hall–Kier alpha value is -2.13. The van der Waals surface area contributed by atoms with Crippen molar-refractivity contribution in [2.24, 2.45) is 5.84 Å². The number of anilines is 1. The second-order valence-corrected chi connectivity index (χ2v) is 5.14. The third-order valence-electron chi connectivity index (χ3n) is 2.82. The van der Waals surface area contributed by atoms with Gasteiger partial charge in [-0.2, -0.15) is 0 Å². The Kier molecular flexibility index (Phi) is 4.20. The van der Waals surface area contributed by atoms with Gasteiger partial charge in [0.2, 0.25) is 5.91 Å². The third-order valence-corrected chi connectivity index (χ3v) is 3.69. The molecule has 0 atom stereocenters. The van der Waals surface area contributed by atoms with Crippen molar-refractivity contribution in [3.63, 3.8) is 0 Å². The van der Waals surface area contributed by atoms with E-state index in [9.17, 15) is 19.7 Å². The van der Waals surface area contributed by atoms with Crippen LogP contribution in [0.5, 0.6) is 0 Å². The van der Waals surface area contributed by atoms with Gasteiger partial charge in [-0.25, -0.2) is 0 Å². The third kappa shape index (κ3) is 2.89. The van der Waals surface area contributed by atoms with Crippen LogP contribution in [0.1, 0.15) is 12.0 Å². The van der Waals surface area contributed by atoms with Gasteiger partial charge in [0, 0.05) is 18.2 Å². The van der Waals surface area contributed by atoms with Crippen LogP contribution in [0, 0.1) is 10.1 Å². The number of hydrogen-bond donors (Lipinski definition) is 2. The average molecular weight is 296 g/mol. The van der Waals surface area contributed by atoms with E-state index in [4.69, 9.17) is 5.84 Å². The molecule has 9 heteroatoms. The molecule has 1 aliphatic heterocycles. The Balaban J connectivity index is 2.25. The van der Waals surface area contributed by atoms with E-state index in [1.54, 1.807) is 6.07 Å². The number of nitrogens with one attached hydrogen (secondary N) is 1. The number of hydrazine groups is 1. The first kappa shape index (κ1) is 14.3. The predicted molar refractivity (Wildman–Crippen MR) is 73.9 cm³/mol. The number of nitrogens with two attached hydrogens (primary N) is 1. The minimum Gasteiger partial charge on any atom is -0.318 e. The lowest BCUT2D eigenvalue weighted by Gasteiger charge is -2.24. The number of nitro benzene ring substituents is 1. The summed E-state index contributed by atoms with van der Waals surface area (Å²) in [4.78, 5) is 34.8. The monoisotopic (exact) mass is 296 g/mol. The molecule has 1 fully saturated rings. The van der Waals surface area contributed by atoms with Crippen LogP contribution >= 0.6 is 11.8 Å². The maximum Gasteiger partial charge on any atom is 0.293 e. The maximum atomic E-state index is 11.7. The summed E-state index contributed by atoms with van der Waals surface area (Å²) < 4.78 is 0. The van der Waals surface area contributed by atoms with Gasteiger partial charge < -0.3 is 5.43 Å². The largest absolute Gasteiger partial charge is 0.318 e. The van der Waals surface area contributed by atoms with Crippen molar-refractivity contribution in [1.82, 2.24) is 4.90 Å². The Labute approximate surface area is 118 Å². The summed E-state index contributed by atoms with van der Waals surface area (Å²) in [5.74, 6) is 5.40. The number of imide groups is 1. The fraction of sp³-hybridized carbons (Fsp3) is 0.273. The van der Waals surface area contributed by atoms with Crippen molar-refractivity contribution in [2.75, 3.05) is 11.2 Å². The summed E-state index contributed by atoms with van der Waals surface area (Å²) in [6.07, 6.45) is 0.293. The van der Waals surface area contributed by atoms with E-state index in [1.807, 2.05) is 0 Å². The van der Waals surface area contributed by atoms with Crippen LogP contribution in [0.3, 0.4) is 0 Å². The molecule has 0 bridgehead atoms. The molecule has 8 nitrogen and oxygen atoms in total. The number of nitro groups is 1. The Bertz CT molecular complexity index is 562. The molecule has 1 saturated heterocycles. The summed E-state index contributed by atoms with van der Waals surface area (Å²) in [7, 11) is 0. The van der Waals surface area contributed by atoms with Gasteiger partial charge in [-0.15, -0.1) is 0 Å². The zero-order valence-electron chi connectivity index (χ0n) is 10.4. The first-order valence-electron chi connectivity index (χ1n) is 5.74. The first-order chi connectivity index (χ1) is 9.52. The fourth-order valence-electron chi connectivity index (χ4n) is 1.82. The molecular weight excluding hydrogens is 284 g/mol. The molecule has 2 amide bonds. The summed E-state index contributed by atoms with van der Waals surface area (Å²) >= 11 is 1.07. The molecule has 2 rings (SSSR count). The molecule has 0 unspecified atom stereocenters. The van der Waals surface area contributed by atoms with Crippen molar-refractivity contribution in [3.05, 3.63) is 33.9 Å². The van der Waals surface area contributed by atoms with Crippen molar-refractivity contribution in [3.8, 4) is 0 Å². The SMILES string of the molecule is NNc1ccc(CN2C(=O)CCSC2=O)cc1[N+](=O)[O-]. The normalized spacial score (nSPS) is 15.3. The van der Waals surface area contributed by atoms with Gasteiger partial charge >= 0.3 is 0 Å². The zero-order chi connectivity index (χ0) is 14.7. The highest BCUT2D eigenvalue weighted by Crippen LogP contribution is 2.27. The van der Waals surface area contributed by atoms with Gasteiger partial charge in [0.15, 0.2) is 0 Å². The molecule has 3 N–H and O–H groups in total. The summed E-state index contributed by atoms with van der Waals surface area (Å²) in [5, 5.41) is 10.6. The van der Waals surface area contributed by atoms with E-state index in [2.05, 4.69) is 5.43 Å².